The minimum absolute atomic E-state index is 0.244. The van der Waals surface area contributed by atoms with Crippen molar-refractivity contribution in [3.05, 3.63) is 53.3 Å². The van der Waals surface area contributed by atoms with Gasteiger partial charge >= 0.3 is 0 Å². The summed E-state index contributed by atoms with van der Waals surface area (Å²) in [5, 5.41) is 0. The maximum atomic E-state index is 13.0. The SMILES string of the molecule is CCC1(C)CC(C)C2=C(CC=CC(c3ccc(OC)cc3)=N2)C1=O. The molecule has 0 saturated carbocycles. The normalized spacial score (nSPS) is 26.8. The molecule has 0 fully saturated rings. The molecular weight excluding hydrogens is 298 g/mol. The highest BCUT2D eigenvalue weighted by Gasteiger charge is 2.41. The second-order valence-electron chi connectivity index (χ2n) is 7.04. The number of hydrogen-bond donors (Lipinski definition) is 0. The predicted molar refractivity (Wildman–Crippen MR) is 97.5 cm³/mol. The molecule has 3 nitrogen and oxygen atoms in total. The van der Waals surface area contributed by atoms with Crippen LogP contribution in [0, 0.1) is 11.3 Å². The van der Waals surface area contributed by atoms with E-state index in [1.807, 2.05) is 30.3 Å². The molecule has 3 heteroatoms. The van der Waals surface area contributed by atoms with Gasteiger partial charge in [-0.3, -0.25) is 9.79 Å². The summed E-state index contributed by atoms with van der Waals surface area (Å²) in [4.78, 5) is 17.9. The number of carbonyl (C=O) groups excluding carboxylic acids is 1. The van der Waals surface area contributed by atoms with E-state index in [0.717, 1.165) is 41.1 Å². The van der Waals surface area contributed by atoms with Crippen molar-refractivity contribution in [2.24, 2.45) is 16.3 Å². The Hall–Kier alpha value is -2.16. The lowest BCUT2D eigenvalue weighted by atomic mass is 9.67. The molecule has 1 heterocycles. The quantitative estimate of drug-likeness (QED) is 0.807. The van der Waals surface area contributed by atoms with Crippen LogP contribution in [0.25, 0.3) is 0 Å². The van der Waals surface area contributed by atoms with Gasteiger partial charge in [-0.05, 0) is 55.5 Å². The van der Waals surface area contributed by atoms with Gasteiger partial charge in [0.15, 0.2) is 5.78 Å². The Morgan fingerprint density at radius 2 is 2.00 bits per heavy atom. The molecule has 0 aromatic heterocycles. The van der Waals surface area contributed by atoms with Crippen LogP contribution in [0.2, 0.25) is 0 Å². The van der Waals surface area contributed by atoms with Gasteiger partial charge in [0.2, 0.25) is 0 Å². The smallest absolute Gasteiger partial charge is 0.166 e. The fourth-order valence-corrected chi connectivity index (χ4v) is 3.70. The summed E-state index contributed by atoms with van der Waals surface area (Å²) in [7, 11) is 1.66. The van der Waals surface area contributed by atoms with E-state index in [2.05, 4.69) is 26.8 Å². The monoisotopic (exact) mass is 323 g/mol. The number of hydrogen-bond acceptors (Lipinski definition) is 3. The van der Waals surface area contributed by atoms with E-state index in [9.17, 15) is 4.79 Å². The van der Waals surface area contributed by atoms with Crippen molar-refractivity contribution in [3.63, 3.8) is 0 Å². The summed E-state index contributed by atoms with van der Waals surface area (Å²) in [6.45, 7) is 6.39. The van der Waals surface area contributed by atoms with Crippen LogP contribution in [0.15, 0.2) is 52.7 Å². The van der Waals surface area contributed by atoms with Crippen LogP contribution >= 0.6 is 0 Å². The summed E-state index contributed by atoms with van der Waals surface area (Å²) >= 11 is 0. The van der Waals surface area contributed by atoms with Crippen LogP contribution in [0.1, 0.15) is 45.6 Å². The van der Waals surface area contributed by atoms with Gasteiger partial charge < -0.3 is 4.74 Å². The van der Waals surface area contributed by atoms with Crippen LogP contribution in [0.5, 0.6) is 5.75 Å². The van der Waals surface area contributed by atoms with E-state index in [4.69, 9.17) is 9.73 Å². The van der Waals surface area contributed by atoms with Gasteiger partial charge in [-0.1, -0.05) is 26.8 Å². The van der Waals surface area contributed by atoms with Crippen LogP contribution in [0.3, 0.4) is 0 Å². The Labute approximate surface area is 144 Å². The van der Waals surface area contributed by atoms with Gasteiger partial charge in [-0.2, -0.15) is 0 Å². The van der Waals surface area contributed by atoms with Crippen molar-refractivity contribution < 1.29 is 9.53 Å². The molecule has 126 valence electrons. The molecule has 3 rings (SSSR count). The van der Waals surface area contributed by atoms with Gasteiger partial charge in [0.25, 0.3) is 0 Å². The summed E-state index contributed by atoms with van der Waals surface area (Å²) in [5.41, 5.74) is 3.60. The van der Waals surface area contributed by atoms with Crippen LogP contribution in [0.4, 0.5) is 0 Å². The Balaban J connectivity index is 2.03. The van der Waals surface area contributed by atoms with E-state index < -0.39 is 0 Å². The number of ether oxygens (including phenoxy) is 1. The maximum Gasteiger partial charge on any atom is 0.166 e. The molecule has 1 aliphatic carbocycles. The molecular formula is C21H25NO2. The summed E-state index contributed by atoms with van der Waals surface area (Å²) < 4.78 is 5.22. The van der Waals surface area contributed by atoms with Crippen LogP contribution in [-0.2, 0) is 4.79 Å². The van der Waals surface area contributed by atoms with E-state index in [-0.39, 0.29) is 11.2 Å². The molecule has 1 aromatic rings. The number of aliphatic imine (C=N–C) groups is 1. The molecule has 24 heavy (non-hydrogen) atoms. The van der Waals surface area contributed by atoms with Crippen molar-refractivity contribution in [3.8, 4) is 5.75 Å². The lowest BCUT2D eigenvalue weighted by molar-refractivity contribution is -0.126. The minimum atomic E-state index is -0.244. The molecule has 0 bridgehead atoms. The summed E-state index contributed by atoms with van der Waals surface area (Å²) in [6.07, 6.45) is 6.53. The first-order valence-electron chi connectivity index (χ1n) is 8.66. The molecule has 2 atom stereocenters. The van der Waals surface area contributed by atoms with E-state index in [1.54, 1.807) is 7.11 Å². The Bertz CT molecular complexity index is 740. The third kappa shape index (κ3) is 2.83. The molecule has 0 radical (unpaired) electrons. The molecule has 2 unspecified atom stereocenters. The second-order valence-corrected chi connectivity index (χ2v) is 7.04. The molecule has 0 saturated heterocycles. The van der Waals surface area contributed by atoms with Gasteiger partial charge in [-0.15, -0.1) is 0 Å². The number of nitrogens with zero attached hydrogens (tertiary/aromatic N) is 1. The molecule has 0 amide bonds. The van der Waals surface area contributed by atoms with E-state index in [0.29, 0.717) is 12.3 Å². The zero-order valence-electron chi connectivity index (χ0n) is 14.9. The zero-order valence-corrected chi connectivity index (χ0v) is 14.9. The topological polar surface area (TPSA) is 38.7 Å². The fourth-order valence-electron chi connectivity index (χ4n) is 3.70. The standard InChI is InChI=1S/C21H25NO2/c1-5-21(3)13-14(2)19-17(20(21)23)7-6-8-18(22-19)15-9-11-16(24-4)12-10-15/h6,8-12,14H,5,7,13H2,1-4H3. The van der Waals surface area contributed by atoms with Crippen LogP contribution in [-0.4, -0.2) is 18.6 Å². The van der Waals surface area contributed by atoms with Gasteiger partial charge in [0.1, 0.15) is 5.75 Å². The number of allylic oxidation sites excluding steroid dienone is 4. The zero-order chi connectivity index (χ0) is 17.3. The molecule has 1 aliphatic heterocycles. The van der Waals surface area contributed by atoms with E-state index in [1.165, 1.54) is 0 Å². The third-order valence-electron chi connectivity index (χ3n) is 5.36. The van der Waals surface area contributed by atoms with Crippen molar-refractivity contribution in [2.75, 3.05) is 7.11 Å². The van der Waals surface area contributed by atoms with Crippen molar-refractivity contribution in [1.29, 1.82) is 0 Å². The van der Waals surface area contributed by atoms with Crippen molar-refractivity contribution in [2.45, 2.75) is 40.0 Å². The lowest BCUT2D eigenvalue weighted by Crippen LogP contribution is -2.35. The highest BCUT2D eigenvalue weighted by Crippen LogP contribution is 2.44. The Morgan fingerprint density at radius 1 is 1.29 bits per heavy atom. The molecule has 1 aromatic carbocycles. The van der Waals surface area contributed by atoms with Crippen LogP contribution < -0.4 is 4.74 Å². The number of benzene rings is 1. The van der Waals surface area contributed by atoms with Crippen molar-refractivity contribution >= 4 is 11.5 Å². The lowest BCUT2D eigenvalue weighted by Gasteiger charge is -2.36. The summed E-state index contributed by atoms with van der Waals surface area (Å²) in [5.74, 6) is 1.41. The van der Waals surface area contributed by atoms with Crippen molar-refractivity contribution in [1.82, 2.24) is 0 Å². The number of methoxy groups -OCH3 is 1. The maximum absolute atomic E-state index is 13.0. The fraction of sp³-hybridized carbons (Fsp3) is 0.429. The molecule has 2 aliphatic rings. The van der Waals surface area contributed by atoms with E-state index >= 15 is 0 Å². The first kappa shape index (κ1) is 16.7. The van der Waals surface area contributed by atoms with Gasteiger partial charge in [0.05, 0.1) is 18.5 Å². The third-order valence-corrected chi connectivity index (χ3v) is 5.36. The minimum Gasteiger partial charge on any atom is -0.497 e. The largest absolute Gasteiger partial charge is 0.497 e. The number of Topliss-reactive ketones (excluding diaryl/α,β-unsaturated/α-hetero) is 1. The predicted octanol–water partition coefficient (Wildman–Crippen LogP) is 4.72. The van der Waals surface area contributed by atoms with Gasteiger partial charge in [-0.25, -0.2) is 0 Å². The Kier molecular flexibility index (Phi) is 4.44. The van der Waals surface area contributed by atoms with Gasteiger partial charge in [0, 0.05) is 16.6 Å². The summed E-state index contributed by atoms with van der Waals surface area (Å²) in [6, 6.07) is 7.91. The highest BCUT2D eigenvalue weighted by molar-refractivity contribution is 6.11. The first-order valence-corrected chi connectivity index (χ1v) is 8.66. The molecule has 0 spiro atoms. The number of ketones is 1. The average Bonchev–Trinajstić information content (AvgIpc) is 2.83. The first-order chi connectivity index (χ1) is 11.5. The second kappa shape index (κ2) is 6.39. The average molecular weight is 323 g/mol. The molecule has 0 N–H and O–H groups in total. The highest BCUT2D eigenvalue weighted by atomic mass is 16.5. The number of rotatable bonds is 3. The Morgan fingerprint density at radius 3 is 2.62 bits per heavy atom. The number of carbonyl (C=O) groups is 1.